The molecule has 1 aliphatic carbocycles. The zero-order valence-electron chi connectivity index (χ0n) is 18.2. The van der Waals surface area contributed by atoms with Crippen molar-refractivity contribution in [2.24, 2.45) is 4.99 Å². The lowest BCUT2D eigenvalue weighted by Gasteiger charge is -2.37. The van der Waals surface area contributed by atoms with Gasteiger partial charge in [-0.05, 0) is 60.5 Å². The Morgan fingerprint density at radius 3 is 2.71 bits per heavy atom. The number of hydrogen-bond acceptors (Lipinski definition) is 5. The van der Waals surface area contributed by atoms with Crippen molar-refractivity contribution in [2.75, 3.05) is 0 Å². The molecule has 1 unspecified atom stereocenters. The highest BCUT2D eigenvalue weighted by Gasteiger charge is 2.57. The molecule has 9 heteroatoms. The van der Waals surface area contributed by atoms with Gasteiger partial charge in [0.1, 0.15) is 11.3 Å². The SMILES string of the molecule is C[C@]12Sc3c4c(c(=O)n5c3=NCc3cc(Br)ccc3-5)=CC=C(C(=O)n3c1nc1ccc(Br)cc13)C42. The molecule has 0 amide bonds. The Hall–Kier alpha value is -2.75. The van der Waals surface area contributed by atoms with Gasteiger partial charge >= 0.3 is 0 Å². The average Bonchev–Trinajstić information content (AvgIpc) is 3.38. The molecule has 0 N–H and O–H groups in total. The zero-order valence-corrected chi connectivity index (χ0v) is 22.2. The van der Waals surface area contributed by atoms with Crippen molar-refractivity contribution in [1.82, 2.24) is 14.1 Å². The first kappa shape index (κ1) is 20.4. The Morgan fingerprint density at radius 2 is 1.86 bits per heavy atom. The Bertz CT molecular complexity index is 1950. The molecule has 4 aromatic rings. The van der Waals surface area contributed by atoms with Crippen LogP contribution in [0.15, 0.2) is 71.7 Å². The van der Waals surface area contributed by atoms with Crippen LogP contribution in [-0.2, 0) is 11.3 Å². The number of pyridine rings is 1. The van der Waals surface area contributed by atoms with Gasteiger partial charge in [0.15, 0.2) is 0 Å². The van der Waals surface area contributed by atoms with Crippen LogP contribution in [0.1, 0.15) is 34.6 Å². The summed E-state index contributed by atoms with van der Waals surface area (Å²) in [6, 6.07) is 11.8. The molecule has 0 fully saturated rings. The van der Waals surface area contributed by atoms with Gasteiger partial charge in [-0.3, -0.25) is 23.7 Å². The summed E-state index contributed by atoms with van der Waals surface area (Å²) in [5, 5.41) is 0.639. The number of carbonyl (C=O) groups excluding carboxylic acids is 1. The summed E-state index contributed by atoms with van der Waals surface area (Å²) in [5.41, 5.74) is 5.63. The van der Waals surface area contributed by atoms with Crippen LogP contribution in [0.4, 0.5) is 0 Å². The minimum absolute atomic E-state index is 0.0802. The van der Waals surface area contributed by atoms with Crippen molar-refractivity contribution < 1.29 is 4.79 Å². The average molecular weight is 606 g/mol. The molecule has 0 bridgehead atoms. The van der Waals surface area contributed by atoms with Crippen LogP contribution in [0.25, 0.3) is 22.8 Å². The summed E-state index contributed by atoms with van der Waals surface area (Å²) < 4.78 is 4.80. The lowest BCUT2D eigenvalue weighted by molar-refractivity contribution is 0.0929. The Kier molecular flexibility index (Phi) is 3.81. The summed E-state index contributed by atoms with van der Waals surface area (Å²) in [7, 11) is 0. The normalized spacial score (nSPS) is 22.5. The minimum Gasteiger partial charge on any atom is -0.269 e. The largest absolute Gasteiger partial charge is 0.269 e. The highest BCUT2D eigenvalue weighted by molar-refractivity contribution is 9.10. The molecular formula is C26H14Br2N4O2S. The van der Waals surface area contributed by atoms with Crippen LogP contribution >= 0.6 is 43.6 Å². The van der Waals surface area contributed by atoms with Crippen molar-refractivity contribution in [1.29, 1.82) is 0 Å². The van der Waals surface area contributed by atoms with E-state index in [1.807, 2.05) is 48.6 Å². The first-order chi connectivity index (χ1) is 16.9. The van der Waals surface area contributed by atoms with Gasteiger partial charge in [-0.15, -0.1) is 11.8 Å². The van der Waals surface area contributed by atoms with Gasteiger partial charge in [-0.1, -0.05) is 37.9 Å². The molecule has 4 aliphatic rings. The third kappa shape index (κ3) is 2.37. The van der Waals surface area contributed by atoms with Crippen LogP contribution in [0.3, 0.4) is 0 Å². The quantitative estimate of drug-likeness (QED) is 0.299. The smallest absolute Gasteiger partial charge is 0.264 e. The highest BCUT2D eigenvalue weighted by Crippen LogP contribution is 2.62. The molecule has 0 radical (unpaired) electrons. The predicted molar refractivity (Wildman–Crippen MR) is 141 cm³/mol. The molecule has 2 atom stereocenters. The van der Waals surface area contributed by atoms with E-state index in [2.05, 4.69) is 38.8 Å². The van der Waals surface area contributed by atoms with Crippen molar-refractivity contribution in [3.8, 4) is 5.69 Å². The van der Waals surface area contributed by atoms with E-state index in [1.165, 1.54) is 0 Å². The van der Waals surface area contributed by atoms with Gasteiger partial charge in [-0.25, -0.2) is 4.98 Å². The van der Waals surface area contributed by atoms with Crippen LogP contribution in [-0.4, -0.2) is 20.0 Å². The second kappa shape index (κ2) is 6.52. The van der Waals surface area contributed by atoms with Gasteiger partial charge < -0.3 is 0 Å². The molecule has 6 nitrogen and oxygen atoms in total. The summed E-state index contributed by atoms with van der Waals surface area (Å²) in [6.45, 7) is 2.64. The molecule has 8 rings (SSSR count). The zero-order chi connectivity index (χ0) is 23.8. The molecule has 2 aromatic heterocycles. The number of rotatable bonds is 0. The fourth-order valence-electron chi connectivity index (χ4n) is 6.00. The van der Waals surface area contributed by atoms with Crippen LogP contribution < -0.4 is 16.3 Å². The van der Waals surface area contributed by atoms with Crippen LogP contribution in [0.5, 0.6) is 0 Å². The first-order valence-electron chi connectivity index (χ1n) is 11.1. The van der Waals surface area contributed by atoms with E-state index in [4.69, 9.17) is 9.98 Å². The van der Waals surface area contributed by atoms with E-state index in [1.54, 1.807) is 20.9 Å². The number of fused-ring (bicyclic) bond motifs is 8. The second-order valence-electron chi connectivity index (χ2n) is 9.35. The summed E-state index contributed by atoms with van der Waals surface area (Å²) >= 11 is 8.74. The molecule has 170 valence electrons. The first-order valence-corrected chi connectivity index (χ1v) is 13.5. The fraction of sp³-hybridized carbons (Fsp3) is 0.154. The number of benzene rings is 2. The van der Waals surface area contributed by atoms with Crippen molar-refractivity contribution >= 4 is 66.6 Å². The molecular weight excluding hydrogens is 592 g/mol. The predicted octanol–water partition coefficient (Wildman–Crippen LogP) is 4.32. The topological polar surface area (TPSA) is 69.2 Å². The number of carbonyl (C=O) groups is 1. The molecule has 0 saturated heterocycles. The number of halogens is 2. The van der Waals surface area contributed by atoms with E-state index in [0.29, 0.717) is 22.8 Å². The third-order valence-electron chi connectivity index (χ3n) is 7.47. The third-order valence-corrected chi connectivity index (χ3v) is 9.90. The van der Waals surface area contributed by atoms with E-state index in [0.717, 1.165) is 47.5 Å². The number of thioether (sulfide) groups is 1. The molecule has 5 heterocycles. The lowest BCUT2D eigenvalue weighted by atomic mass is 9.75. The Balaban J connectivity index is 1.49. The number of hydrogen-bond donors (Lipinski definition) is 0. The maximum absolute atomic E-state index is 13.9. The van der Waals surface area contributed by atoms with E-state index in [9.17, 15) is 9.59 Å². The Morgan fingerprint density at radius 1 is 1.06 bits per heavy atom. The fourth-order valence-corrected chi connectivity index (χ4v) is 8.36. The Labute approximate surface area is 219 Å². The molecule has 35 heavy (non-hydrogen) atoms. The summed E-state index contributed by atoms with van der Waals surface area (Å²) in [4.78, 5) is 38.5. The standard InChI is InChI=1S/C26H14Br2N4O2S/c1-26-20-15(24(34)32-18-9-13(28)2-6-16(18)30-25(26)32)5-4-14-19(20)21(35-26)22-29-10-11-8-12(27)3-7-17(11)31(22)23(14)33/h2-9,20H,10H2,1H3/t20?,26-/m1/s1. The van der Waals surface area contributed by atoms with Gasteiger partial charge in [0.2, 0.25) is 0 Å². The number of imidazole rings is 1. The highest BCUT2D eigenvalue weighted by atomic mass is 79.9. The van der Waals surface area contributed by atoms with Crippen molar-refractivity contribution in [3.63, 3.8) is 0 Å². The van der Waals surface area contributed by atoms with E-state index < -0.39 is 4.75 Å². The molecule has 0 saturated carbocycles. The number of aromatic nitrogens is 3. The maximum Gasteiger partial charge on any atom is 0.264 e. The van der Waals surface area contributed by atoms with Gasteiger partial charge in [0, 0.05) is 25.7 Å². The van der Waals surface area contributed by atoms with E-state index >= 15 is 0 Å². The number of allylic oxidation sites excluding steroid dienone is 2. The minimum atomic E-state index is -0.547. The number of nitrogens with zero attached hydrogens (tertiary/aromatic N) is 4. The van der Waals surface area contributed by atoms with Crippen molar-refractivity contribution in [2.45, 2.75) is 29.0 Å². The van der Waals surface area contributed by atoms with Crippen molar-refractivity contribution in [3.05, 3.63) is 95.0 Å². The second-order valence-corrected chi connectivity index (χ2v) is 12.6. The van der Waals surface area contributed by atoms with Gasteiger partial charge in [0.05, 0.1) is 32.9 Å². The summed E-state index contributed by atoms with van der Waals surface area (Å²) in [6.07, 6.45) is 3.66. The molecule has 3 aliphatic heterocycles. The summed E-state index contributed by atoms with van der Waals surface area (Å²) in [5.74, 6) is 0.393. The van der Waals surface area contributed by atoms with Crippen LogP contribution in [0, 0.1) is 0 Å². The van der Waals surface area contributed by atoms with Gasteiger partial charge in [0.25, 0.3) is 11.5 Å². The van der Waals surface area contributed by atoms with E-state index in [-0.39, 0.29) is 17.4 Å². The van der Waals surface area contributed by atoms with Gasteiger partial charge in [-0.2, -0.15) is 0 Å². The van der Waals surface area contributed by atoms with Crippen LogP contribution in [0.2, 0.25) is 0 Å². The maximum atomic E-state index is 13.9. The monoisotopic (exact) mass is 604 g/mol. The molecule has 2 aromatic carbocycles. The lowest BCUT2D eigenvalue weighted by Crippen LogP contribution is -2.48. The molecule has 0 spiro atoms.